The molecule has 230 valence electrons. The smallest absolute Gasteiger partial charge is 0.323 e. The van der Waals surface area contributed by atoms with Gasteiger partial charge >= 0.3 is 5.97 Å². The van der Waals surface area contributed by atoms with Crippen molar-refractivity contribution in [2.45, 2.75) is 52.2 Å². The first kappa shape index (κ1) is 32.6. The number of hydrogen-bond acceptors (Lipinski definition) is 5. The largest absolute Gasteiger partial charge is 0.465 e. The van der Waals surface area contributed by atoms with Gasteiger partial charge in [-0.3, -0.25) is 9.59 Å². The minimum absolute atomic E-state index is 0.0275. The van der Waals surface area contributed by atoms with E-state index < -0.39 is 12.1 Å². The number of hydrogen-bond donors (Lipinski definition) is 2. The van der Waals surface area contributed by atoms with Crippen LogP contribution in [0.3, 0.4) is 0 Å². The number of nitrogens with one attached hydrogen (secondary N) is 2. The molecule has 4 aromatic rings. The number of carbonyl (C=O) groups is 2. The standard InChI is InChI=1S/C38H45N3O3/c1-5-31(34-19-13-10-14-28(34)3)26-36(38(43)44-6-2)40-23-22-39-35(37(42)41(4)27-29-15-8-7-9-16-29)25-30-20-21-32-17-11-12-18-33(32)24-30/h5,7-21,24,35-36,39-40H,6,22-23,25-27H2,1-4H3/b31-5-. The Labute approximate surface area is 262 Å². The van der Waals surface area contributed by atoms with Gasteiger partial charge in [-0.2, -0.15) is 0 Å². The third-order valence-electron chi connectivity index (χ3n) is 7.93. The van der Waals surface area contributed by atoms with E-state index in [1.165, 1.54) is 10.9 Å². The molecule has 4 aromatic carbocycles. The van der Waals surface area contributed by atoms with Crippen LogP contribution in [0.1, 0.15) is 42.5 Å². The molecule has 0 aliphatic rings. The van der Waals surface area contributed by atoms with E-state index in [-0.39, 0.29) is 11.9 Å². The summed E-state index contributed by atoms with van der Waals surface area (Å²) in [5.74, 6) is -0.244. The van der Waals surface area contributed by atoms with Crippen LogP contribution >= 0.6 is 0 Å². The quantitative estimate of drug-likeness (QED) is 0.125. The molecule has 0 aliphatic carbocycles. The molecular formula is C38H45N3O3. The number of benzene rings is 4. The minimum Gasteiger partial charge on any atom is -0.465 e. The van der Waals surface area contributed by atoms with Gasteiger partial charge in [-0.25, -0.2) is 0 Å². The Kier molecular flexibility index (Phi) is 12.3. The molecule has 2 atom stereocenters. The summed E-state index contributed by atoms with van der Waals surface area (Å²) in [6.07, 6.45) is 3.13. The second kappa shape index (κ2) is 16.6. The summed E-state index contributed by atoms with van der Waals surface area (Å²) in [5, 5.41) is 9.23. The Bertz CT molecular complexity index is 1550. The van der Waals surface area contributed by atoms with Gasteiger partial charge in [0.05, 0.1) is 12.6 Å². The first-order chi connectivity index (χ1) is 21.4. The Morgan fingerprint density at radius 3 is 2.18 bits per heavy atom. The van der Waals surface area contributed by atoms with Gasteiger partial charge in [0.25, 0.3) is 0 Å². The van der Waals surface area contributed by atoms with Crippen LogP contribution in [0.5, 0.6) is 0 Å². The Hall–Kier alpha value is -4.26. The van der Waals surface area contributed by atoms with Gasteiger partial charge in [0, 0.05) is 26.7 Å². The summed E-state index contributed by atoms with van der Waals surface area (Å²) in [7, 11) is 1.85. The van der Waals surface area contributed by atoms with Crippen LogP contribution in [0, 0.1) is 6.92 Å². The number of aryl methyl sites for hydroxylation is 1. The van der Waals surface area contributed by atoms with Crippen molar-refractivity contribution in [1.29, 1.82) is 0 Å². The van der Waals surface area contributed by atoms with Crippen molar-refractivity contribution in [3.05, 3.63) is 125 Å². The lowest BCUT2D eigenvalue weighted by atomic mass is 9.95. The summed E-state index contributed by atoms with van der Waals surface area (Å²) in [5.41, 5.74) is 5.57. The molecule has 0 saturated carbocycles. The van der Waals surface area contributed by atoms with Crippen LogP contribution in [-0.2, 0) is 27.3 Å². The van der Waals surface area contributed by atoms with E-state index >= 15 is 0 Å². The zero-order valence-electron chi connectivity index (χ0n) is 26.4. The maximum absolute atomic E-state index is 13.8. The molecule has 1 amide bonds. The lowest BCUT2D eigenvalue weighted by molar-refractivity contribution is -0.145. The second-order valence-electron chi connectivity index (χ2n) is 11.2. The first-order valence-electron chi connectivity index (χ1n) is 15.5. The molecule has 0 aliphatic heterocycles. The van der Waals surface area contributed by atoms with Crippen molar-refractivity contribution in [2.24, 2.45) is 0 Å². The van der Waals surface area contributed by atoms with Gasteiger partial charge < -0.3 is 20.3 Å². The molecule has 2 N–H and O–H groups in total. The van der Waals surface area contributed by atoms with Gasteiger partial charge in [-0.1, -0.05) is 103 Å². The van der Waals surface area contributed by atoms with Gasteiger partial charge in [-0.05, 0) is 72.2 Å². The number of rotatable bonds is 15. The van der Waals surface area contributed by atoms with Crippen molar-refractivity contribution >= 4 is 28.2 Å². The van der Waals surface area contributed by atoms with Gasteiger partial charge in [0.15, 0.2) is 0 Å². The molecule has 4 rings (SSSR count). The van der Waals surface area contributed by atoms with E-state index in [1.807, 2.05) is 75.5 Å². The van der Waals surface area contributed by atoms with E-state index in [4.69, 9.17) is 4.74 Å². The fourth-order valence-electron chi connectivity index (χ4n) is 5.56. The van der Waals surface area contributed by atoms with Gasteiger partial charge in [0.2, 0.25) is 5.91 Å². The highest BCUT2D eigenvalue weighted by Crippen LogP contribution is 2.24. The van der Waals surface area contributed by atoms with Crippen LogP contribution in [0.2, 0.25) is 0 Å². The maximum Gasteiger partial charge on any atom is 0.323 e. The Morgan fingerprint density at radius 1 is 0.818 bits per heavy atom. The predicted octanol–water partition coefficient (Wildman–Crippen LogP) is 6.32. The zero-order valence-corrected chi connectivity index (χ0v) is 26.4. The molecule has 0 spiro atoms. The summed E-state index contributed by atoms with van der Waals surface area (Å²) >= 11 is 0. The lowest BCUT2D eigenvalue weighted by Crippen LogP contribution is -2.49. The zero-order chi connectivity index (χ0) is 31.3. The molecule has 0 radical (unpaired) electrons. The number of allylic oxidation sites excluding steroid dienone is 1. The number of likely N-dealkylation sites (N-methyl/N-ethyl adjacent to an activating group) is 1. The fourth-order valence-corrected chi connectivity index (χ4v) is 5.56. The highest BCUT2D eigenvalue weighted by molar-refractivity contribution is 5.85. The predicted molar refractivity (Wildman–Crippen MR) is 180 cm³/mol. The number of carbonyl (C=O) groups excluding carboxylic acids is 2. The van der Waals surface area contributed by atoms with E-state index in [1.54, 1.807) is 4.90 Å². The molecule has 0 saturated heterocycles. The topological polar surface area (TPSA) is 70.7 Å². The molecule has 44 heavy (non-hydrogen) atoms. The molecule has 0 bridgehead atoms. The van der Waals surface area contributed by atoms with Crippen molar-refractivity contribution in [2.75, 3.05) is 26.7 Å². The van der Waals surface area contributed by atoms with Crippen LogP contribution in [-0.4, -0.2) is 55.6 Å². The third kappa shape index (κ3) is 9.12. The number of esters is 1. The normalized spacial score (nSPS) is 13.0. The average molecular weight is 592 g/mol. The summed E-state index contributed by atoms with van der Waals surface area (Å²) in [6.45, 7) is 7.76. The number of fused-ring (bicyclic) bond motifs is 1. The summed E-state index contributed by atoms with van der Waals surface area (Å²) < 4.78 is 5.42. The van der Waals surface area contributed by atoms with Crippen molar-refractivity contribution in [3.63, 3.8) is 0 Å². The molecule has 6 heteroatoms. The summed E-state index contributed by atoms with van der Waals surface area (Å²) in [6, 6.07) is 31.9. The number of nitrogens with zero attached hydrogens (tertiary/aromatic N) is 1. The van der Waals surface area contributed by atoms with Crippen LogP contribution in [0.4, 0.5) is 0 Å². The van der Waals surface area contributed by atoms with E-state index in [0.29, 0.717) is 39.1 Å². The number of ether oxygens (including phenoxy) is 1. The van der Waals surface area contributed by atoms with E-state index in [0.717, 1.165) is 27.6 Å². The van der Waals surface area contributed by atoms with Gasteiger partial charge in [0.1, 0.15) is 6.04 Å². The summed E-state index contributed by atoms with van der Waals surface area (Å²) in [4.78, 5) is 28.5. The van der Waals surface area contributed by atoms with Crippen molar-refractivity contribution in [1.82, 2.24) is 15.5 Å². The molecule has 0 aromatic heterocycles. The highest BCUT2D eigenvalue weighted by Gasteiger charge is 2.24. The van der Waals surface area contributed by atoms with E-state index in [2.05, 4.69) is 66.1 Å². The molecule has 0 fully saturated rings. The van der Waals surface area contributed by atoms with Crippen LogP contribution < -0.4 is 10.6 Å². The molecule has 6 nitrogen and oxygen atoms in total. The van der Waals surface area contributed by atoms with E-state index in [9.17, 15) is 9.59 Å². The molecule has 2 unspecified atom stereocenters. The van der Waals surface area contributed by atoms with Gasteiger partial charge in [-0.15, -0.1) is 0 Å². The monoisotopic (exact) mass is 591 g/mol. The molecule has 0 heterocycles. The van der Waals surface area contributed by atoms with Crippen molar-refractivity contribution in [3.8, 4) is 0 Å². The first-order valence-corrected chi connectivity index (χ1v) is 15.5. The number of amides is 1. The van der Waals surface area contributed by atoms with Crippen LogP contribution in [0.25, 0.3) is 16.3 Å². The SMILES string of the molecule is C/C=C(/CC(NCCNC(Cc1ccc2ccccc2c1)C(=O)N(C)Cc1ccccc1)C(=O)OCC)c1ccccc1C. The minimum atomic E-state index is -0.502. The second-order valence-corrected chi connectivity index (χ2v) is 11.2. The highest BCUT2D eigenvalue weighted by atomic mass is 16.5. The average Bonchev–Trinajstić information content (AvgIpc) is 3.04. The Balaban J connectivity index is 1.45. The maximum atomic E-state index is 13.8. The lowest BCUT2D eigenvalue weighted by Gasteiger charge is -2.26. The van der Waals surface area contributed by atoms with Crippen LogP contribution in [0.15, 0.2) is 103 Å². The van der Waals surface area contributed by atoms with Crippen molar-refractivity contribution < 1.29 is 14.3 Å². The molecular weight excluding hydrogens is 546 g/mol. The third-order valence-corrected chi connectivity index (χ3v) is 7.93. The fraction of sp³-hybridized carbons (Fsp3) is 0.316. The Morgan fingerprint density at radius 2 is 1.48 bits per heavy atom.